The summed E-state index contributed by atoms with van der Waals surface area (Å²) in [7, 11) is -4.12. The van der Waals surface area contributed by atoms with Crippen LogP contribution in [0.2, 0.25) is 5.02 Å². The summed E-state index contributed by atoms with van der Waals surface area (Å²) in [6.07, 6.45) is 2.20. The van der Waals surface area contributed by atoms with E-state index in [0.29, 0.717) is 20.1 Å². The van der Waals surface area contributed by atoms with Gasteiger partial charge in [0.15, 0.2) is 0 Å². The van der Waals surface area contributed by atoms with E-state index in [2.05, 4.69) is 0 Å². The minimum atomic E-state index is -4.12. The maximum atomic E-state index is 12.6. The molecule has 0 amide bonds. The zero-order chi connectivity index (χ0) is 18.2. The Balaban J connectivity index is 2.08. The van der Waals surface area contributed by atoms with Crippen LogP contribution in [-0.4, -0.2) is 22.9 Å². The number of rotatable bonds is 3. The van der Waals surface area contributed by atoms with E-state index in [1.165, 1.54) is 24.3 Å². The molecule has 2 aromatic carbocycles. The number of imidazole rings is 1. The molecule has 128 valence electrons. The molecule has 0 saturated heterocycles. The summed E-state index contributed by atoms with van der Waals surface area (Å²) in [5.41, 5.74) is 0.0575. The Hall–Kier alpha value is -2.64. The van der Waals surface area contributed by atoms with Crippen LogP contribution in [0.1, 0.15) is 15.9 Å². The molecule has 0 saturated carbocycles. The van der Waals surface area contributed by atoms with Crippen molar-refractivity contribution < 1.29 is 13.2 Å². The third kappa shape index (κ3) is 3.04. The highest BCUT2D eigenvalue weighted by Crippen LogP contribution is 2.16. The zero-order valence-electron chi connectivity index (χ0n) is 13.1. The highest BCUT2D eigenvalue weighted by atomic mass is 35.5. The summed E-state index contributed by atoms with van der Waals surface area (Å²) < 4.78 is 26.5. The van der Waals surface area contributed by atoms with E-state index in [1.807, 2.05) is 0 Å². The van der Waals surface area contributed by atoms with Gasteiger partial charge < -0.3 is 0 Å². The number of hydrogen-bond acceptors (Lipinski definition) is 4. The van der Waals surface area contributed by atoms with Gasteiger partial charge in [-0.3, -0.25) is 4.79 Å². The van der Waals surface area contributed by atoms with Crippen LogP contribution in [0.3, 0.4) is 0 Å². The van der Waals surface area contributed by atoms with Gasteiger partial charge in [-0.05, 0) is 42.8 Å². The lowest BCUT2D eigenvalue weighted by molar-refractivity contribution is 0.0955. The Kier molecular flexibility index (Phi) is 4.36. The molecule has 0 bridgehead atoms. The first-order valence-corrected chi connectivity index (χ1v) is 9.05. The molecule has 1 aromatic heterocycles. The van der Waals surface area contributed by atoms with Gasteiger partial charge in [-0.15, -0.1) is 0 Å². The molecule has 0 aliphatic heterocycles. The molecule has 3 aromatic rings. The van der Waals surface area contributed by atoms with Gasteiger partial charge in [-0.2, -0.15) is 3.97 Å². The number of carbonyl (C=O) groups excluding carboxylic acids is 1. The normalized spacial score (nSPS) is 11.4. The molecule has 0 spiro atoms. The maximum Gasteiger partial charge on any atom is 0.349 e. The number of nitrogens with zero attached hydrogens (tertiary/aromatic N) is 2. The second-order valence-corrected chi connectivity index (χ2v) is 7.58. The molecule has 0 N–H and O–H groups in total. The van der Waals surface area contributed by atoms with Crippen molar-refractivity contribution >= 4 is 27.5 Å². The third-order valence-corrected chi connectivity index (χ3v) is 5.63. The van der Waals surface area contributed by atoms with Crippen molar-refractivity contribution in [3.05, 3.63) is 87.6 Å². The molecule has 0 atom stereocenters. The van der Waals surface area contributed by atoms with Crippen LogP contribution in [0, 0.1) is 6.92 Å². The van der Waals surface area contributed by atoms with Crippen LogP contribution < -0.4 is 5.69 Å². The Labute approximate surface area is 149 Å². The molecular formula is C17H13ClN2O4S. The summed E-state index contributed by atoms with van der Waals surface area (Å²) in [5, 5.41) is 0.374. The fourth-order valence-corrected chi connectivity index (χ4v) is 3.70. The smallest absolute Gasteiger partial charge is 0.268 e. The number of aryl methyl sites for hydroxylation is 1. The van der Waals surface area contributed by atoms with Gasteiger partial charge in [0.05, 0.1) is 4.90 Å². The van der Waals surface area contributed by atoms with Gasteiger partial charge >= 0.3 is 5.69 Å². The monoisotopic (exact) mass is 376 g/mol. The minimum Gasteiger partial charge on any atom is -0.268 e. The van der Waals surface area contributed by atoms with Gasteiger partial charge in [0.2, 0.25) is 0 Å². The first-order valence-electron chi connectivity index (χ1n) is 7.24. The van der Waals surface area contributed by atoms with Crippen LogP contribution in [0.5, 0.6) is 0 Å². The van der Waals surface area contributed by atoms with Gasteiger partial charge in [0, 0.05) is 23.0 Å². The number of aromatic nitrogens is 2. The zero-order valence-corrected chi connectivity index (χ0v) is 14.7. The van der Waals surface area contributed by atoms with Crippen molar-refractivity contribution in [1.29, 1.82) is 0 Å². The summed E-state index contributed by atoms with van der Waals surface area (Å²) in [6.45, 7) is 1.74. The average Bonchev–Trinajstić information content (AvgIpc) is 2.97. The summed E-state index contributed by atoms with van der Waals surface area (Å²) in [6, 6.07) is 12.2. The lowest BCUT2D eigenvalue weighted by Crippen LogP contribution is -2.32. The molecule has 1 heterocycles. The Morgan fingerprint density at radius 1 is 1.00 bits per heavy atom. The second-order valence-electron chi connectivity index (χ2n) is 5.33. The van der Waals surface area contributed by atoms with E-state index < -0.39 is 21.6 Å². The number of halogens is 1. The molecule has 0 unspecified atom stereocenters. The van der Waals surface area contributed by atoms with E-state index >= 15 is 0 Å². The summed E-state index contributed by atoms with van der Waals surface area (Å²) in [4.78, 5) is 24.9. The number of hydrogen-bond donors (Lipinski definition) is 0. The van der Waals surface area contributed by atoms with Gasteiger partial charge in [-0.1, -0.05) is 29.8 Å². The van der Waals surface area contributed by atoms with E-state index in [9.17, 15) is 18.0 Å². The van der Waals surface area contributed by atoms with Gasteiger partial charge in [0.1, 0.15) is 0 Å². The predicted octanol–water partition coefficient (Wildman–Crippen LogP) is 2.54. The molecule has 6 nitrogen and oxygen atoms in total. The van der Waals surface area contributed by atoms with Gasteiger partial charge in [0.25, 0.3) is 15.9 Å². The van der Waals surface area contributed by atoms with E-state index in [4.69, 9.17) is 11.6 Å². The highest BCUT2D eigenvalue weighted by molar-refractivity contribution is 7.90. The second kappa shape index (κ2) is 6.34. The molecule has 8 heteroatoms. The topological polar surface area (TPSA) is 78.1 Å². The Morgan fingerprint density at radius 2 is 1.64 bits per heavy atom. The SMILES string of the molecule is Cc1ccccc1C(=O)n1ccn(S(=O)(=O)c2ccc(Cl)cc2)c1=O. The number of carbonyl (C=O) groups is 1. The van der Waals surface area contributed by atoms with Crippen molar-refractivity contribution in [2.75, 3.05) is 0 Å². The van der Waals surface area contributed by atoms with Crippen LogP contribution in [0.15, 0.2) is 70.6 Å². The summed E-state index contributed by atoms with van der Waals surface area (Å²) >= 11 is 5.76. The van der Waals surface area contributed by atoms with Crippen LogP contribution in [-0.2, 0) is 10.0 Å². The van der Waals surface area contributed by atoms with E-state index in [0.717, 1.165) is 17.0 Å². The minimum absolute atomic E-state index is 0.0971. The third-order valence-electron chi connectivity index (χ3n) is 3.71. The number of benzene rings is 2. The molecule has 0 aliphatic rings. The van der Waals surface area contributed by atoms with Crippen molar-refractivity contribution in [3.63, 3.8) is 0 Å². The summed E-state index contributed by atoms with van der Waals surface area (Å²) in [5.74, 6) is -0.590. The van der Waals surface area contributed by atoms with Crippen molar-refractivity contribution in [1.82, 2.24) is 8.54 Å². The highest BCUT2D eigenvalue weighted by Gasteiger charge is 2.23. The lowest BCUT2D eigenvalue weighted by atomic mass is 10.1. The quantitative estimate of drug-likeness (QED) is 0.703. The standard InChI is InChI=1S/C17H13ClN2O4S/c1-12-4-2-3-5-15(12)16(21)19-10-11-20(17(19)22)25(23,24)14-8-6-13(18)7-9-14/h2-11H,1H3. The molecular weight excluding hydrogens is 364 g/mol. The molecule has 0 fully saturated rings. The molecule has 25 heavy (non-hydrogen) atoms. The fraction of sp³-hybridized carbons (Fsp3) is 0.0588. The van der Waals surface area contributed by atoms with Crippen LogP contribution in [0.25, 0.3) is 0 Å². The largest absolute Gasteiger partial charge is 0.349 e. The lowest BCUT2D eigenvalue weighted by Gasteiger charge is -2.06. The first-order chi connectivity index (χ1) is 11.8. The van der Waals surface area contributed by atoms with Crippen molar-refractivity contribution in [2.24, 2.45) is 0 Å². The molecule has 3 rings (SSSR count). The maximum absolute atomic E-state index is 12.6. The van der Waals surface area contributed by atoms with Crippen LogP contribution >= 0.6 is 11.6 Å². The first kappa shape index (κ1) is 17.2. The van der Waals surface area contributed by atoms with E-state index in [1.54, 1.807) is 31.2 Å². The van der Waals surface area contributed by atoms with Crippen molar-refractivity contribution in [2.45, 2.75) is 11.8 Å². The molecule has 0 radical (unpaired) electrons. The fourth-order valence-electron chi connectivity index (χ4n) is 2.36. The van der Waals surface area contributed by atoms with Gasteiger partial charge in [-0.25, -0.2) is 17.8 Å². The molecule has 0 aliphatic carbocycles. The Morgan fingerprint density at radius 3 is 2.28 bits per heavy atom. The van der Waals surface area contributed by atoms with Crippen LogP contribution in [0.4, 0.5) is 0 Å². The van der Waals surface area contributed by atoms with E-state index in [-0.39, 0.29) is 4.90 Å². The Bertz CT molecular complexity index is 1110. The van der Waals surface area contributed by atoms with Crippen molar-refractivity contribution in [3.8, 4) is 0 Å². The average molecular weight is 377 g/mol. The predicted molar refractivity (Wildman–Crippen MR) is 93.6 cm³/mol.